The molecular formula is C19H22N2O2. The molecule has 0 fully saturated rings. The Hall–Kier alpha value is -2.62. The van der Waals surface area contributed by atoms with Crippen LogP contribution >= 0.6 is 0 Å². The van der Waals surface area contributed by atoms with Crippen LogP contribution < -0.4 is 5.32 Å². The Bertz CT molecular complexity index is 641. The third kappa shape index (κ3) is 4.68. The quantitative estimate of drug-likeness (QED) is 0.892. The summed E-state index contributed by atoms with van der Waals surface area (Å²) in [5.74, 6) is -0.143. The van der Waals surface area contributed by atoms with Crippen molar-refractivity contribution in [2.24, 2.45) is 0 Å². The predicted octanol–water partition coefficient (Wildman–Crippen LogP) is 2.97. The van der Waals surface area contributed by atoms with Crippen LogP contribution in [0.15, 0.2) is 60.7 Å². The molecule has 2 aromatic carbocycles. The summed E-state index contributed by atoms with van der Waals surface area (Å²) in [6.07, 6.45) is 0. The fourth-order valence-corrected chi connectivity index (χ4v) is 2.39. The van der Waals surface area contributed by atoms with E-state index >= 15 is 0 Å². The molecule has 120 valence electrons. The first-order valence-corrected chi connectivity index (χ1v) is 7.82. The van der Waals surface area contributed by atoms with E-state index in [4.69, 9.17) is 0 Å². The number of benzene rings is 2. The van der Waals surface area contributed by atoms with Crippen LogP contribution in [0.25, 0.3) is 0 Å². The van der Waals surface area contributed by atoms with Crippen LogP contribution in [0.3, 0.4) is 0 Å². The lowest BCUT2D eigenvalue weighted by molar-refractivity contribution is 0.0737. The topological polar surface area (TPSA) is 49.4 Å². The highest BCUT2D eigenvalue weighted by molar-refractivity contribution is 5.95. The third-order valence-corrected chi connectivity index (χ3v) is 3.60. The van der Waals surface area contributed by atoms with Crippen LogP contribution in [0.5, 0.6) is 0 Å². The lowest BCUT2D eigenvalue weighted by atomic mass is 10.1. The van der Waals surface area contributed by atoms with Gasteiger partial charge in [-0.2, -0.15) is 0 Å². The Morgan fingerprint density at radius 2 is 1.48 bits per heavy atom. The molecule has 0 spiro atoms. The normalized spacial score (nSPS) is 11.6. The zero-order valence-electron chi connectivity index (χ0n) is 13.5. The van der Waals surface area contributed by atoms with E-state index in [0.29, 0.717) is 24.2 Å². The molecule has 1 atom stereocenters. The molecule has 0 aliphatic rings. The second kappa shape index (κ2) is 8.13. The number of likely N-dealkylation sites (N-methyl/N-ethyl adjacent to an activating group) is 1. The number of carbonyl (C=O) groups excluding carboxylic acids is 2. The molecule has 0 aromatic heterocycles. The number of rotatable bonds is 6. The molecule has 4 nitrogen and oxygen atoms in total. The van der Waals surface area contributed by atoms with Crippen molar-refractivity contribution < 1.29 is 9.59 Å². The van der Waals surface area contributed by atoms with Crippen molar-refractivity contribution in [3.05, 3.63) is 71.8 Å². The summed E-state index contributed by atoms with van der Waals surface area (Å²) < 4.78 is 0. The summed E-state index contributed by atoms with van der Waals surface area (Å²) in [7, 11) is 0. The highest BCUT2D eigenvalue weighted by Gasteiger charge is 2.18. The summed E-state index contributed by atoms with van der Waals surface area (Å²) in [4.78, 5) is 26.4. The van der Waals surface area contributed by atoms with Gasteiger partial charge in [-0.15, -0.1) is 0 Å². The zero-order valence-corrected chi connectivity index (χ0v) is 13.5. The van der Waals surface area contributed by atoms with E-state index in [1.165, 1.54) is 0 Å². The second-order valence-electron chi connectivity index (χ2n) is 5.45. The van der Waals surface area contributed by atoms with Crippen LogP contribution in [-0.2, 0) is 0 Å². The number of hydrogen-bond donors (Lipinski definition) is 1. The van der Waals surface area contributed by atoms with E-state index < -0.39 is 0 Å². The SMILES string of the molecule is CCN(CC(C)NC(=O)c1ccccc1)C(=O)c1ccccc1. The van der Waals surface area contributed by atoms with Gasteiger partial charge < -0.3 is 10.2 Å². The van der Waals surface area contributed by atoms with Crippen molar-refractivity contribution in [2.45, 2.75) is 19.9 Å². The van der Waals surface area contributed by atoms with Gasteiger partial charge in [-0.05, 0) is 38.1 Å². The van der Waals surface area contributed by atoms with Crippen molar-refractivity contribution in [3.63, 3.8) is 0 Å². The summed E-state index contributed by atoms with van der Waals surface area (Å²) in [6, 6.07) is 18.1. The fraction of sp³-hybridized carbons (Fsp3) is 0.263. The van der Waals surface area contributed by atoms with Crippen molar-refractivity contribution >= 4 is 11.8 Å². The Morgan fingerprint density at radius 3 is 2.00 bits per heavy atom. The van der Waals surface area contributed by atoms with Crippen LogP contribution in [-0.4, -0.2) is 35.8 Å². The van der Waals surface area contributed by atoms with Crippen LogP contribution in [0.4, 0.5) is 0 Å². The second-order valence-corrected chi connectivity index (χ2v) is 5.45. The zero-order chi connectivity index (χ0) is 16.7. The van der Waals surface area contributed by atoms with Gasteiger partial charge in [0.2, 0.25) is 0 Å². The summed E-state index contributed by atoms with van der Waals surface area (Å²) in [5.41, 5.74) is 1.28. The Kier molecular flexibility index (Phi) is 5.92. The van der Waals surface area contributed by atoms with Gasteiger partial charge >= 0.3 is 0 Å². The van der Waals surface area contributed by atoms with Gasteiger partial charge in [0.05, 0.1) is 0 Å². The summed E-state index contributed by atoms with van der Waals surface area (Å²) >= 11 is 0. The maximum Gasteiger partial charge on any atom is 0.253 e. The lowest BCUT2D eigenvalue weighted by Crippen LogP contribution is -2.44. The van der Waals surface area contributed by atoms with Crippen molar-refractivity contribution in [2.75, 3.05) is 13.1 Å². The molecule has 1 N–H and O–H groups in total. The molecule has 2 amide bonds. The Morgan fingerprint density at radius 1 is 0.957 bits per heavy atom. The van der Waals surface area contributed by atoms with Crippen LogP contribution in [0.1, 0.15) is 34.6 Å². The van der Waals surface area contributed by atoms with Crippen LogP contribution in [0, 0.1) is 0 Å². The maximum absolute atomic E-state index is 12.5. The van der Waals surface area contributed by atoms with Gasteiger partial charge in [0.25, 0.3) is 11.8 Å². The minimum atomic E-state index is -0.129. The smallest absolute Gasteiger partial charge is 0.253 e. The molecular weight excluding hydrogens is 288 g/mol. The molecule has 2 aromatic rings. The molecule has 1 unspecified atom stereocenters. The lowest BCUT2D eigenvalue weighted by Gasteiger charge is -2.25. The molecule has 0 radical (unpaired) electrons. The van der Waals surface area contributed by atoms with Gasteiger partial charge in [-0.3, -0.25) is 9.59 Å². The van der Waals surface area contributed by atoms with E-state index in [0.717, 1.165) is 0 Å². The van der Waals surface area contributed by atoms with Gasteiger partial charge in [0.1, 0.15) is 0 Å². The van der Waals surface area contributed by atoms with E-state index in [1.807, 2.05) is 50.2 Å². The number of nitrogens with zero attached hydrogens (tertiary/aromatic N) is 1. The van der Waals surface area contributed by atoms with E-state index in [2.05, 4.69) is 5.32 Å². The van der Waals surface area contributed by atoms with E-state index in [9.17, 15) is 9.59 Å². The van der Waals surface area contributed by atoms with Crippen LogP contribution in [0.2, 0.25) is 0 Å². The minimum absolute atomic E-state index is 0.0195. The molecule has 0 bridgehead atoms. The first kappa shape index (κ1) is 16.7. The fourth-order valence-electron chi connectivity index (χ4n) is 2.39. The highest BCUT2D eigenvalue weighted by Crippen LogP contribution is 2.06. The highest BCUT2D eigenvalue weighted by atomic mass is 16.2. The molecule has 0 saturated carbocycles. The molecule has 0 heterocycles. The van der Waals surface area contributed by atoms with Crippen molar-refractivity contribution in [3.8, 4) is 0 Å². The molecule has 0 saturated heterocycles. The summed E-state index contributed by atoms with van der Waals surface area (Å²) in [6.45, 7) is 4.91. The largest absolute Gasteiger partial charge is 0.348 e. The first-order chi connectivity index (χ1) is 11.1. The van der Waals surface area contributed by atoms with E-state index in [1.54, 1.807) is 29.2 Å². The number of nitrogens with one attached hydrogen (secondary N) is 1. The molecule has 4 heteroatoms. The minimum Gasteiger partial charge on any atom is -0.348 e. The summed E-state index contributed by atoms with van der Waals surface area (Å²) in [5, 5.41) is 2.93. The number of carbonyl (C=O) groups is 2. The molecule has 0 aliphatic carbocycles. The molecule has 0 aliphatic heterocycles. The first-order valence-electron chi connectivity index (χ1n) is 7.82. The van der Waals surface area contributed by atoms with Crippen molar-refractivity contribution in [1.29, 1.82) is 0 Å². The maximum atomic E-state index is 12.5. The number of amides is 2. The standard InChI is InChI=1S/C19H22N2O2/c1-3-21(19(23)17-12-8-5-9-13-17)14-15(2)20-18(22)16-10-6-4-7-11-16/h4-13,15H,3,14H2,1-2H3,(H,20,22). The monoisotopic (exact) mass is 310 g/mol. The molecule has 2 rings (SSSR count). The molecule has 23 heavy (non-hydrogen) atoms. The van der Waals surface area contributed by atoms with Gasteiger partial charge in [-0.25, -0.2) is 0 Å². The van der Waals surface area contributed by atoms with Crippen molar-refractivity contribution in [1.82, 2.24) is 10.2 Å². The van der Waals surface area contributed by atoms with Gasteiger partial charge in [0, 0.05) is 30.3 Å². The number of hydrogen-bond acceptors (Lipinski definition) is 2. The van der Waals surface area contributed by atoms with Gasteiger partial charge in [0.15, 0.2) is 0 Å². The third-order valence-electron chi connectivity index (χ3n) is 3.60. The van der Waals surface area contributed by atoms with Gasteiger partial charge in [-0.1, -0.05) is 36.4 Å². The Balaban J connectivity index is 1.96. The Labute approximate surface area is 137 Å². The predicted molar refractivity (Wildman–Crippen MR) is 91.4 cm³/mol. The van der Waals surface area contributed by atoms with E-state index in [-0.39, 0.29) is 17.9 Å². The average Bonchev–Trinajstić information content (AvgIpc) is 2.60. The average molecular weight is 310 g/mol.